The molecular formula is C15H17ClN2O2. The number of hydrogen-bond donors (Lipinski definition) is 2. The fraction of sp³-hybridized carbons (Fsp3) is 0.400. The predicted molar refractivity (Wildman–Crippen MR) is 79.3 cm³/mol. The summed E-state index contributed by atoms with van der Waals surface area (Å²) in [6, 6.07) is 6.03. The molecule has 5 heteroatoms. The minimum absolute atomic E-state index is 0.135. The third kappa shape index (κ3) is 2.48. The summed E-state index contributed by atoms with van der Waals surface area (Å²) in [5.41, 5.74) is 3.60. The van der Waals surface area contributed by atoms with Gasteiger partial charge < -0.3 is 15.0 Å². The van der Waals surface area contributed by atoms with E-state index in [4.69, 9.17) is 16.3 Å². The average molecular weight is 293 g/mol. The summed E-state index contributed by atoms with van der Waals surface area (Å²) in [6.45, 7) is 2.21. The van der Waals surface area contributed by atoms with Crippen LogP contribution in [0.5, 0.6) is 0 Å². The third-order valence-electron chi connectivity index (χ3n) is 3.75. The van der Waals surface area contributed by atoms with Gasteiger partial charge in [-0.2, -0.15) is 0 Å². The van der Waals surface area contributed by atoms with Crippen LogP contribution in [0.25, 0.3) is 10.9 Å². The van der Waals surface area contributed by atoms with Gasteiger partial charge in [0.25, 0.3) is 0 Å². The van der Waals surface area contributed by atoms with E-state index in [2.05, 4.69) is 10.3 Å². The number of rotatable bonds is 2. The number of hydrogen-bond acceptors (Lipinski definition) is 2. The summed E-state index contributed by atoms with van der Waals surface area (Å²) >= 11 is 6.02. The van der Waals surface area contributed by atoms with E-state index in [1.165, 1.54) is 16.6 Å². The molecular weight excluding hydrogens is 276 g/mol. The van der Waals surface area contributed by atoms with Crippen molar-refractivity contribution in [3.05, 3.63) is 34.5 Å². The molecule has 4 nitrogen and oxygen atoms in total. The summed E-state index contributed by atoms with van der Waals surface area (Å²) in [7, 11) is 0. The van der Waals surface area contributed by atoms with Crippen molar-refractivity contribution in [3.63, 3.8) is 0 Å². The van der Waals surface area contributed by atoms with Gasteiger partial charge in [-0.1, -0.05) is 17.7 Å². The van der Waals surface area contributed by atoms with Gasteiger partial charge >= 0.3 is 6.09 Å². The maximum absolute atomic E-state index is 11.5. The highest BCUT2D eigenvalue weighted by Gasteiger charge is 2.23. The molecule has 0 bridgehead atoms. The van der Waals surface area contributed by atoms with Gasteiger partial charge in [-0.05, 0) is 43.9 Å². The number of benzene rings is 1. The minimum atomic E-state index is -0.330. The molecule has 0 saturated carbocycles. The SMILES string of the molecule is CCOC(=O)NC1CCc2[nH]c3cc(Cl)ccc3c2C1. The first-order valence-corrected chi connectivity index (χ1v) is 7.27. The van der Waals surface area contributed by atoms with E-state index in [9.17, 15) is 4.79 Å². The summed E-state index contributed by atoms with van der Waals surface area (Å²) in [5.74, 6) is 0. The molecule has 1 aromatic heterocycles. The fourth-order valence-corrected chi connectivity index (χ4v) is 3.03. The van der Waals surface area contributed by atoms with Crippen molar-refractivity contribution in [1.29, 1.82) is 0 Å². The lowest BCUT2D eigenvalue weighted by Crippen LogP contribution is -2.39. The van der Waals surface area contributed by atoms with Gasteiger partial charge in [0.15, 0.2) is 0 Å². The number of fused-ring (bicyclic) bond motifs is 3. The van der Waals surface area contributed by atoms with Crippen LogP contribution in [0.3, 0.4) is 0 Å². The van der Waals surface area contributed by atoms with E-state index in [0.29, 0.717) is 6.61 Å². The number of carbonyl (C=O) groups excluding carboxylic acids is 1. The Bertz CT molecular complexity index is 651. The van der Waals surface area contributed by atoms with Gasteiger partial charge in [-0.3, -0.25) is 0 Å². The summed E-state index contributed by atoms with van der Waals surface area (Å²) < 4.78 is 4.94. The lowest BCUT2D eigenvalue weighted by molar-refractivity contribution is 0.147. The van der Waals surface area contributed by atoms with Crippen LogP contribution < -0.4 is 5.32 Å². The average Bonchev–Trinajstić information content (AvgIpc) is 2.75. The number of aryl methyl sites for hydroxylation is 1. The third-order valence-corrected chi connectivity index (χ3v) is 3.98. The second-order valence-electron chi connectivity index (χ2n) is 5.08. The maximum atomic E-state index is 11.5. The molecule has 1 aliphatic carbocycles. The van der Waals surface area contributed by atoms with Crippen molar-refractivity contribution in [2.75, 3.05) is 6.61 Å². The predicted octanol–water partition coefficient (Wildman–Crippen LogP) is 3.42. The molecule has 1 atom stereocenters. The van der Waals surface area contributed by atoms with Gasteiger partial charge in [-0.25, -0.2) is 4.79 Å². The molecule has 1 aliphatic rings. The van der Waals surface area contributed by atoms with Crippen LogP contribution in [0.15, 0.2) is 18.2 Å². The minimum Gasteiger partial charge on any atom is -0.450 e. The Morgan fingerprint density at radius 1 is 1.55 bits per heavy atom. The van der Waals surface area contributed by atoms with Crippen molar-refractivity contribution in [2.24, 2.45) is 0 Å². The topological polar surface area (TPSA) is 54.1 Å². The van der Waals surface area contributed by atoms with E-state index in [1.807, 2.05) is 25.1 Å². The number of carbonyl (C=O) groups is 1. The van der Waals surface area contributed by atoms with Gasteiger partial charge in [0.1, 0.15) is 0 Å². The van der Waals surface area contributed by atoms with Crippen LogP contribution in [0, 0.1) is 0 Å². The molecule has 1 heterocycles. The van der Waals surface area contributed by atoms with Crippen molar-refractivity contribution < 1.29 is 9.53 Å². The molecule has 1 aromatic carbocycles. The van der Waals surface area contributed by atoms with Crippen LogP contribution in [-0.4, -0.2) is 23.7 Å². The Hall–Kier alpha value is -1.68. The van der Waals surface area contributed by atoms with E-state index in [0.717, 1.165) is 29.8 Å². The summed E-state index contributed by atoms with van der Waals surface area (Å²) in [5, 5.41) is 4.85. The molecule has 0 aliphatic heterocycles. The van der Waals surface area contributed by atoms with Gasteiger partial charge in [0.05, 0.1) is 6.61 Å². The maximum Gasteiger partial charge on any atom is 0.407 e. The second-order valence-corrected chi connectivity index (χ2v) is 5.51. The number of ether oxygens (including phenoxy) is 1. The van der Waals surface area contributed by atoms with Crippen molar-refractivity contribution in [2.45, 2.75) is 32.2 Å². The standard InChI is InChI=1S/C15H17ClN2O2/c1-2-20-15(19)17-10-4-6-13-12(8-10)11-5-3-9(16)7-14(11)18-13/h3,5,7,10,18H,2,4,6,8H2,1H3,(H,17,19). The number of alkyl carbamates (subject to hydrolysis) is 1. The Morgan fingerprint density at radius 3 is 3.20 bits per heavy atom. The molecule has 0 spiro atoms. The second kappa shape index (κ2) is 5.37. The van der Waals surface area contributed by atoms with E-state index >= 15 is 0 Å². The largest absolute Gasteiger partial charge is 0.450 e. The Morgan fingerprint density at radius 2 is 2.40 bits per heavy atom. The Labute approximate surface area is 122 Å². The number of H-pyrrole nitrogens is 1. The molecule has 0 fully saturated rings. The number of aromatic nitrogens is 1. The van der Waals surface area contributed by atoms with Crippen LogP contribution in [0.1, 0.15) is 24.6 Å². The molecule has 0 saturated heterocycles. The van der Waals surface area contributed by atoms with Crippen LogP contribution in [0.2, 0.25) is 5.02 Å². The van der Waals surface area contributed by atoms with Crippen LogP contribution >= 0.6 is 11.6 Å². The lowest BCUT2D eigenvalue weighted by atomic mass is 9.91. The highest BCUT2D eigenvalue weighted by molar-refractivity contribution is 6.31. The van der Waals surface area contributed by atoms with Gasteiger partial charge in [0.2, 0.25) is 0 Å². The number of halogens is 1. The first-order chi connectivity index (χ1) is 9.67. The molecule has 3 rings (SSSR count). The van der Waals surface area contributed by atoms with Crippen LogP contribution in [0.4, 0.5) is 4.79 Å². The highest BCUT2D eigenvalue weighted by atomic mass is 35.5. The molecule has 0 radical (unpaired) electrons. The first-order valence-electron chi connectivity index (χ1n) is 6.89. The zero-order valence-electron chi connectivity index (χ0n) is 11.3. The first kappa shape index (κ1) is 13.3. The molecule has 2 aromatic rings. The number of amides is 1. The fourth-order valence-electron chi connectivity index (χ4n) is 2.86. The van der Waals surface area contributed by atoms with E-state index in [1.54, 1.807) is 0 Å². The van der Waals surface area contributed by atoms with Gasteiger partial charge in [0, 0.05) is 27.7 Å². The van der Waals surface area contributed by atoms with Crippen molar-refractivity contribution in [1.82, 2.24) is 10.3 Å². The normalized spacial score (nSPS) is 17.8. The zero-order valence-corrected chi connectivity index (χ0v) is 12.1. The highest BCUT2D eigenvalue weighted by Crippen LogP contribution is 2.30. The smallest absolute Gasteiger partial charge is 0.407 e. The number of aromatic amines is 1. The molecule has 1 unspecified atom stereocenters. The monoisotopic (exact) mass is 292 g/mol. The van der Waals surface area contributed by atoms with Crippen molar-refractivity contribution in [3.8, 4) is 0 Å². The van der Waals surface area contributed by atoms with Crippen molar-refractivity contribution >= 4 is 28.6 Å². The quantitative estimate of drug-likeness (QED) is 0.891. The van der Waals surface area contributed by atoms with E-state index in [-0.39, 0.29) is 12.1 Å². The zero-order chi connectivity index (χ0) is 14.1. The summed E-state index contributed by atoms with van der Waals surface area (Å²) in [6.07, 6.45) is 2.35. The lowest BCUT2D eigenvalue weighted by Gasteiger charge is -2.23. The van der Waals surface area contributed by atoms with Gasteiger partial charge in [-0.15, -0.1) is 0 Å². The van der Waals surface area contributed by atoms with Crippen LogP contribution in [-0.2, 0) is 17.6 Å². The molecule has 2 N–H and O–H groups in total. The number of nitrogens with one attached hydrogen (secondary N) is 2. The Kier molecular flexibility index (Phi) is 3.57. The molecule has 20 heavy (non-hydrogen) atoms. The Balaban J connectivity index is 1.83. The molecule has 1 amide bonds. The molecule has 106 valence electrons. The van der Waals surface area contributed by atoms with E-state index < -0.39 is 0 Å². The summed E-state index contributed by atoms with van der Waals surface area (Å²) in [4.78, 5) is 14.9.